The number of furan rings is 1. The minimum atomic E-state index is -2.14. The Morgan fingerprint density at radius 1 is 0.852 bits per heavy atom. The molecule has 0 spiro atoms. The van der Waals surface area contributed by atoms with Crippen LogP contribution >= 0.6 is 23.2 Å². The van der Waals surface area contributed by atoms with Gasteiger partial charge in [0.15, 0.2) is 9.75 Å². The molecule has 10 nitrogen and oxygen atoms in total. The minimum Gasteiger partial charge on any atom is -0.497 e. The van der Waals surface area contributed by atoms with Crippen LogP contribution in [-0.2, 0) is 25.8 Å². The van der Waals surface area contributed by atoms with E-state index < -0.39 is 69.5 Å². The number of alkyl halides is 2. The van der Waals surface area contributed by atoms with Crippen molar-refractivity contribution in [3.8, 4) is 11.5 Å². The molecule has 2 aliphatic carbocycles. The van der Waals surface area contributed by atoms with Gasteiger partial charge in [-0.1, -0.05) is 35.9 Å². The number of hydrogen-bond donors (Lipinski definition) is 1. The van der Waals surface area contributed by atoms with Gasteiger partial charge >= 0.3 is 0 Å². The van der Waals surface area contributed by atoms with Crippen molar-refractivity contribution in [2.45, 2.75) is 35.1 Å². The molecule has 4 aliphatic rings. The third-order valence-electron chi connectivity index (χ3n) is 11.1. The van der Waals surface area contributed by atoms with Gasteiger partial charge in [0.2, 0.25) is 11.8 Å². The first kappa shape index (κ1) is 35.8. The number of nitrogens with zero attached hydrogens (tertiary/aromatic N) is 2. The van der Waals surface area contributed by atoms with E-state index >= 15 is 0 Å². The molecule has 2 saturated heterocycles. The van der Waals surface area contributed by atoms with Crippen LogP contribution in [0, 0.1) is 23.6 Å². The molecule has 276 valence electrons. The molecule has 0 radical (unpaired) electrons. The molecule has 4 aromatic rings. The minimum absolute atomic E-state index is 0.0733. The van der Waals surface area contributed by atoms with Gasteiger partial charge in [0, 0.05) is 5.56 Å². The lowest BCUT2D eigenvalue weighted by atomic mass is 9.57. The zero-order valence-electron chi connectivity index (χ0n) is 29.0. The first-order chi connectivity index (χ1) is 25.9. The van der Waals surface area contributed by atoms with Crippen molar-refractivity contribution < 1.29 is 42.6 Å². The Morgan fingerprint density at radius 2 is 1.56 bits per heavy atom. The standard InChI is InChI=1S/C41H33Cl2FN2O8/c1-52-27-13-17-32(53-2)23(19-27)6-3-22-4-9-25(10-5-22)45-36(48)30-16-15-29-31(34(30)37(45)49)20-40(42)38(50)46(26-11-7-24(44)8-12-26)39(51)41(40,43)35(29)33-18-14-28(21-47)54-33/h3-15,17-19,30-31,34-35,47H,16,20-21H2,1-2H3. The van der Waals surface area contributed by atoms with Gasteiger partial charge in [-0.25, -0.2) is 9.29 Å². The molecule has 8 rings (SSSR count). The fourth-order valence-electron chi connectivity index (χ4n) is 8.49. The van der Waals surface area contributed by atoms with Gasteiger partial charge in [-0.05, 0) is 91.1 Å². The molecule has 3 fully saturated rings. The predicted molar refractivity (Wildman–Crippen MR) is 199 cm³/mol. The van der Waals surface area contributed by atoms with Crippen LogP contribution in [0.5, 0.6) is 11.5 Å². The lowest BCUT2D eigenvalue weighted by Crippen LogP contribution is -2.60. The van der Waals surface area contributed by atoms with Gasteiger partial charge in [0.25, 0.3) is 11.8 Å². The number of imide groups is 2. The van der Waals surface area contributed by atoms with Gasteiger partial charge in [-0.3, -0.25) is 24.1 Å². The number of ether oxygens (including phenoxy) is 2. The second-order valence-electron chi connectivity index (χ2n) is 13.8. The summed E-state index contributed by atoms with van der Waals surface area (Å²) in [5, 5.41) is 9.83. The van der Waals surface area contributed by atoms with Gasteiger partial charge in [-0.2, -0.15) is 0 Å². The smallest absolute Gasteiger partial charge is 0.258 e. The Balaban J connectivity index is 1.14. The zero-order valence-corrected chi connectivity index (χ0v) is 30.5. The summed E-state index contributed by atoms with van der Waals surface area (Å²) in [4.78, 5) is 55.1. The third kappa shape index (κ3) is 5.24. The van der Waals surface area contributed by atoms with Crippen LogP contribution in [0.2, 0.25) is 0 Å². The van der Waals surface area contributed by atoms with Crippen LogP contribution in [-0.4, -0.2) is 52.7 Å². The first-order valence-corrected chi connectivity index (χ1v) is 18.0. The fourth-order valence-corrected chi connectivity index (χ4v) is 9.41. The largest absolute Gasteiger partial charge is 0.497 e. The second-order valence-corrected chi connectivity index (χ2v) is 15.0. The number of methoxy groups -OCH3 is 2. The van der Waals surface area contributed by atoms with E-state index in [1.165, 1.54) is 23.1 Å². The van der Waals surface area contributed by atoms with Crippen molar-refractivity contribution in [3.63, 3.8) is 0 Å². The lowest BCUT2D eigenvalue weighted by Gasteiger charge is -2.49. The molecule has 1 N–H and O–H groups in total. The summed E-state index contributed by atoms with van der Waals surface area (Å²) < 4.78 is 30.7. The van der Waals surface area contributed by atoms with Crippen LogP contribution in [0.15, 0.2) is 94.9 Å². The monoisotopic (exact) mass is 770 g/mol. The zero-order chi connectivity index (χ0) is 38.1. The van der Waals surface area contributed by atoms with E-state index in [1.807, 2.05) is 24.3 Å². The highest BCUT2D eigenvalue weighted by atomic mass is 35.5. The van der Waals surface area contributed by atoms with Gasteiger partial charge in [0.1, 0.15) is 35.4 Å². The van der Waals surface area contributed by atoms with Gasteiger partial charge in [-0.15, -0.1) is 23.2 Å². The van der Waals surface area contributed by atoms with E-state index in [9.17, 15) is 28.7 Å². The summed E-state index contributed by atoms with van der Waals surface area (Å²) in [7, 11) is 3.16. The van der Waals surface area contributed by atoms with Crippen molar-refractivity contribution in [2.24, 2.45) is 17.8 Å². The number of benzene rings is 3. The number of hydrogen-bond acceptors (Lipinski definition) is 8. The number of aliphatic hydroxyl groups excluding tert-OH is 1. The molecular formula is C41H33Cl2FN2O8. The van der Waals surface area contributed by atoms with Crippen molar-refractivity contribution >= 4 is 70.4 Å². The topological polar surface area (TPSA) is 127 Å². The van der Waals surface area contributed by atoms with Crippen molar-refractivity contribution in [1.29, 1.82) is 0 Å². The molecule has 54 heavy (non-hydrogen) atoms. The molecule has 6 unspecified atom stereocenters. The summed E-state index contributed by atoms with van der Waals surface area (Å²) in [6.07, 6.45) is 5.47. The van der Waals surface area contributed by atoms with Crippen LogP contribution in [0.4, 0.5) is 15.8 Å². The Bertz CT molecular complexity index is 2270. The number of carbonyl (C=O) groups excluding carboxylic acids is 4. The molecule has 3 aromatic carbocycles. The van der Waals surface area contributed by atoms with E-state index in [0.717, 1.165) is 28.2 Å². The number of halogens is 3. The quantitative estimate of drug-likeness (QED) is 0.0891. The van der Waals surface area contributed by atoms with E-state index in [-0.39, 0.29) is 30.0 Å². The molecule has 6 atom stereocenters. The number of allylic oxidation sites excluding steroid dienone is 2. The average molecular weight is 772 g/mol. The normalized spacial score (nSPS) is 27.6. The molecule has 2 aliphatic heterocycles. The summed E-state index contributed by atoms with van der Waals surface area (Å²) in [5.74, 6) is -5.03. The SMILES string of the molecule is COc1ccc(OC)c(C=Cc2ccc(N3C(=O)C4CC=C5C(CC6(Cl)C(=O)N(c7ccc(F)cc7)C(=O)C6(Cl)C5c5ccc(CO)o5)C4C3=O)cc2)c1. The fraction of sp³-hybridized carbons (Fsp3) is 0.268. The third-order valence-corrected chi connectivity index (χ3v) is 12.5. The summed E-state index contributed by atoms with van der Waals surface area (Å²) in [5.41, 5.74) is 2.60. The average Bonchev–Trinajstić information content (AvgIpc) is 3.80. The molecule has 0 bridgehead atoms. The van der Waals surface area contributed by atoms with E-state index in [4.69, 9.17) is 37.1 Å². The van der Waals surface area contributed by atoms with E-state index in [0.29, 0.717) is 22.8 Å². The number of amides is 4. The Labute approximate surface area is 319 Å². The molecular weight excluding hydrogens is 738 g/mol. The second kappa shape index (κ2) is 13.3. The van der Waals surface area contributed by atoms with Crippen molar-refractivity contribution in [2.75, 3.05) is 24.0 Å². The number of anilines is 2. The maximum absolute atomic E-state index is 14.5. The van der Waals surface area contributed by atoms with Crippen LogP contribution in [0.25, 0.3) is 12.2 Å². The number of aliphatic hydroxyl groups is 1. The van der Waals surface area contributed by atoms with Crippen molar-refractivity contribution in [1.82, 2.24) is 0 Å². The number of fused-ring (bicyclic) bond motifs is 4. The molecule has 4 amide bonds. The lowest BCUT2D eigenvalue weighted by molar-refractivity contribution is -0.125. The molecule has 3 heterocycles. The maximum atomic E-state index is 14.5. The first-order valence-electron chi connectivity index (χ1n) is 17.2. The number of carbonyl (C=O) groups is 4. The number of rotatable bonds is 8. The van der Waals surface area contributed by atoms with E-state index in [2.05, 4.69) is 0 Å². The highest BCUT2D eigenvalue weighted by Gasteiger charge is 2.77. The van der Waals surface area contributed by atoms with Crippen LogP contribution in [0.3, 0.4) is 0 Å². The van der Waals surface area contributed by atoms with Gasteiger partial charge in [0.05, 0.1) is 43.3 Å². The predicted octanol–water partition coefficient (Wildman–Crippen LogP) is 6.87. The van der Waals surface area contributed by atoms with Crippen molar-refractivity contribution in [3.05, 3.63) is 119 Å². The molecule has 13 heteroatoms. The molecule has 1 saturated carbocycles. The highest BCUT2D eigenvalue weighted by molar-refractivity contribution is 6.58. The maximum Gasteiger partial charge on any atom is 0.258 e. The summed E-state index contributed by atoms with van der Waals surface area (Å²) >= 11 is 14.7. The van der Waals surface area contributed by atoms with E-state index in [1.54, 1.807) is 56.7 Å². The Morgan fingerprint density at radius 3 is 2.22 bits per heavy atom. The summed E-state index contributed by atoms with van der Waals surface area (Å²) in [6.45, 7) is -0.443. The Kier molecular flexibility index (Phi) is 8.79. The highest BCUT2D eigenvalue weighted by Crippen LogP contribution is 2.66. The van der Waals surface area contributed by atoms with Crippen LogP contribution in [0.1, 0.15) is 41.4 Å². The summed E-state index contributed by atoms with van der Waals surface area (Å²) in [6, 6.07) is 20.3. The Hall–Kier alpha value is -5.23. The molecule has 1 aromatic heterocycles. The van der Waals surface area contributed by atoms with Crippen LogP contribution < -0.4 is 19.3 Å². The van der Waals surface area contributed by atoms with Gasteiger partial charge < -0.3 is 19.0 Å².